The van der Waals surface area contributed by atoms with Gasteiger partial charge in [0.05, 0.1) is 72.2 Å². The fourth-order valence-electron chi connectivity index (χ4n) is 6.22. The van der Waals surface area contributed by atoms with E-state index in [0.717, 1.165) is 29.6 Å². The molecule has 4 rings (SSSR count). The SMILES string of the molecule is CC1(C)C(C=C/C=C2/N(CCS(=O)(=O)[O-])c3ccc(S(=O)(=O)CCS(=O)(=O)[O-])cc3C2(C)C)=[N+](CCS(=O)(=O)[O-])c2ccc(SOOCCSOO[O-])cc21.[Na+].[Na+].[Na+]. The molecule has 0 aliphatic carbocycles. The molecule has 0 unspecified atom stereocenters. The van der Waals surface area contributed by atoms with Crippen molar-refractivity contribution < 1.29 is 164 Å². The van der Waals surface area contributed by atoms with Crippen LogP contribution in [0.3, 0.4) is 0 Å². The van der Waals surface area contributed by atoms with E-state index in [-0.39, 0.29) is 119 Å². The van der Waals surface area contributed by atoms with Crippen molar-refractivity contribution in [2.24, 2.45) is 0 Å². The zero-order valence-corrected chi connectivity index (χ0v) is 43.6. The number of sulfone groups is 1. The van der Waals surface area contributed by atoms with E-state index in [0.29, 0.717) is 33.2 Å². The zero-order chi connectivity index (χ0) is 41.0. The summed E-state index contributed by atoms with van der Waals surface area (Å²) >= 11 is 1.62. The van der Waals surface area contributed by atoms with Crippen LogP contribution in [0.15, 0.2) is 70.1 Å². The Labute approximate surface area is 413 Å². The summed E-state index contributed by atoms with van der Waals surface area (Å²) in [5, 5.41) is 13.1. The molecule has 0 fully saturated rings. The Morgan fingerprint density at radius 2 is 1.41 bits per heavy atom. The zero-order valence-electron chi connectivity index (χ0n) is 32.7. The minimum absolute atomic E-state index is 0. The number of allylic oxidation sites excluding steroid dienone is 4. The molecule has 2 aliphatic rings. The Kier molecular flexibility index (Phi) is 22.4. The molecular formula is C31H37N2Na3O16S6. The monoisotopic (exact) mass is 954 g/mol. The molecule has 0 N–H and O–H groups in total. The predicted molar refractivity (Wildman–Crippen MR) is 197 cm³/mol. The van der Waals surface area contributed by atoms with E-state index < -0.39 is 74.0 Å². The maximum absolute atomic E-state index is 13.0. The average molecular weight is 955 g/mol. The second-order valence-corrected chi connectivity index (χ2v) is 21.5. The summed E-state index contributed by atoms with van der Waals surface area (Å²) in [5.41, 5.74) is 1.44. The van der Waals surface area contributed by atoms with Crippen molar-refractivity contribution in [2.45, 2.75) is 48.3 Å². The molecule has 2 aromatic carbocycles. The fraction of sp³-hybridized carbons (Fsp3) is 0.452. The van der Waals surface area contributed by atoms with Gasteiger partial charge in [0.15, 0.2) is 22.1 Å². The van der Waals surface area contributed by atoms with Crippen molar-refractivity contribution in [3.05, 3.63) is 71.5 Å². The molecule has 2 aliphatic heterocycles. The normalized spacial score (nSPS) is 16.8. The number of nitrogens with zero attached hydrogens (tertiary/aromatic N) is 2. The van der Waals surface area contributed by atoms with Gasteiger partial charge in [-0.25, -0.2) is 38.6 Å². The minimum atomic E-state index is -4.83. The molecule has 0 amide bonds. The van der Waals surface area contributed by atoms with E-state index in [9.17, 15) is 52.6 Å². The molecule has 0 spiro atoms. The summed E-state index contributed by atoms with van der Waals surface area (Å²) in [7, 11) is -18.4. The second kappa shape index (κ2) is 23.0. The van der Waals surface area contributed by atoms with Gasteiger partial charge in [0.2, 0.25) is 5.69 Å². The number of rotatable bonds is 20. The first kappa shape index (κ1) is 56.6. The van der Waals surface area contributed by atoms with Crippen molar-refractivity contribution in [1.82, 2.24) is 0 Å². The third-order valence-corrected chi connectivity index (χ3v) is 14.0. The van der Waals surface area contributed by atoms with Crippen molar-refractivity contribution in [1.29, 1.82) is 0 Å². The molecule has 18 nitrogen and oxygen atoms in total. The van der Waals surface area contributed by atoms with Crippen LogP contribution < -0.4 is 98.8 Å². The van der Waals surface area contributed by atoms with Crippen LogP contribution in [0.4, 0.5) is 11.4 Å². The van der Waals surface area contributed by atoms with E-state index in [1.165, 1.54) is 18.2 Å². The first-order valence-electron chi connectivity index (χ1n) is 16.1. The first-order chi connectivity index (χ1) is 25.4. The molecule has 0 saturated heterocycles. The molecule has 0 saturated carbocycles. The van der Waals surface area contributed by atoms with Gasteiger partial charge >= 0.3 is 88.7 Å². The molecular weight excluding hydrogens is 918 g/mol. The van der Waals surface area contributed by atoms with Crippen LogP contribution in [0.25, 0.3) is 0 Å². The molecule has 0 aromatic heterocycles. The Morgan fingerprint density at radius 3 is 2.02 bits per heavy atom. The molecule has 0 radical (unpaired) electrons. The van der Waals surface area contributed by atoms with E-state index in [1.807, 2.05) is 19.9 Å². The smallest absolute Gasteiger partial charge is 0.748 e. The quantitative estimate of drug-likeness (QED) is 0.0227. The number of hydrogen-bond donors (Lipinski definition) is 0. The fourth-order valence-corrected chi connectivity index (χ4v) is 10.3. The van der Waals surface area contributed by atoms with Crippen molar-refractivity contribution >= 4 is 81.4 Å². The maximum Gasteiger partial charge on any atom is 1.00 e. The van der Waals surface area contributed by atoms with Crippen LogP contribution in [-0.2, 0) is 69.6 Å². The Bertz CT molecular complexity index is 2320. The van der Waals surface area contributed by atoms with E-state index in [1.54, 1.807) is 53.7 Å². The van der Waals surface area contributed by atoms with Gasteiger partial charge in [-0.2, -0.15) is 13.2 Å². The van der Waals surface area contributed by atoms with E-state index >= 15 is 0 Å². The van der Waals surface area contributed by atoms with Gasteiger partial charge < -0.3 is 23.8 Å². The van der Waals surface area contributed by atoms with Crippen LogP contribution in [0.2, 0.25) is 0 Å². The van der Waals surface area contributed by atoms with Gasteiger partial charge in [-0.1, -0.05) is 19.9 Å². The topological polar surface area (TPSA) is 272 Å². The van der Waals surface area contributed by atoms with E-state index in [4.69, 9.17) is 9.22 Å². The van der Waals surface area contributed by atoms with Crippen molar-refractivity contribution in [3.8, 4) is 0 Å². The Balaban J connectivity index is 0.00000561. The molecule has 2 heterocycles. The Hall–Kier alpha value is 0.570. The Morgan fingerprint density at radius 1 is 0.776 bits per heavy atom. The third-order valence-electron chi connectivity index (χ3n) is 8.83. The second-order valence-electron chi connectivity index (χ2n) is 13.2. The standard InChI is InChI=1S/C31H40N2O16S6.3Na/c1-30(2)24-20-22(51-48-46-14-15-50-49-47-34)8-10-26(24)32(12-16-53(37,38)39)28(30)6-5-7-29-31(3,4)25-21-23(52(35,36)18-19-55(43,44)45)9-11-27(25)33(29)13-17-54(40,41)42;;;/h5-11,20-21H,12-19H2,1-4H3,(H3-,34,37,38,39,40,41,42,43,44,45);;;/q;3*+1/p-3. The molecule has 58 heavy (non-hydrogen) atoms. The van der Waals surface area contributed by atoms with Crippen LogP contribution in [0, 0.1) is 0 Å². The van der Waals surface area contributed by atoms with Gasteiger partial charge in [0.25, 0.3) is 0 Å². The van der Waals surface area contributed by atoms with Crippen LogP contribution in [0.5, 0.6) is 0 Å². The van der Waals surface area contributed by atoms with Gasteiger partial charge in [-0.05, 0) is 55.8 Å². The molecule has 0 bridgehead atoms. The number of benzene rings is 2. The third kappa shape index (κ3) is 15.4. The van der Waals surface area contributed by atoms with Crippen LogP contribution in [-0.4, -0.2) is 106 Å². The summed E-state index contributed by atoms with van der Waals surface area (Å²) in [6, 6.07) is 9.19. The molecule has 2 aromatic rings. The van der Waals surface area contributed by atoms with Gasteiger partial charge in [0, 0.05) is 63.7 Å². The van der Waals surface area contributed by atoms with Crippen molar-refractivity contribution in [3.63, 3.8) is 0 Å². The maximum atomic E-state index is 13.0. The molecule has 27 heteroatoms. The summed E-state index contributed by atoms with van der Waals surface area (Å²) < 4.78 is 141. The summed E-state index contributed by atoms with van der Waals surface area (Å²) in [5.74, 6) is -3.34. The summed E-state index contributed by atoms with van der Waals surface area (Å²) in [6.07, 6.45) is 4.97. The summed E-state index contributed by atoms with van der Waals surface area (Å²) in [6.45, 7) is 6.82. The molecule has 0 atom stereocenters. The van der Waals surface area contributed by atoms with Crippen molar-refractivity contribution in [2.75, 3.05) is 53.4 Å². The number of anilines is 1. The van der Waals surface area contributed by atoms with Crippen LogP contribution >= 0.6 is 24.1 Å². The minimum Gasteiger partial charge on any atom is -0.748 e. The number of fused-ring (bicyclic) bond motifs is 2. The number of hydrogen-bond acceptors (Lipinski definition) is 19. The van der Waals surface area contributed by atoms with Gasteiger partial charge in [0.1, 0.15) is 10.1 Å². The average Bonchev–Trinajstić information content (AvgIpc) is 3.41. The van der Waals surface area contributed by atoms with Gasteiger partial charge in [-0.15, -0.1) is 0 Å². The predicted octanol–water partition coefficient (Wildman–Crippen LogP) is -7.45. The summed E-state index contributed by atoms with van der Waals surface area (Å²) in [4.78, 5) is 6.98. The van der Waals surface area contributed by atoms with Gasteiger partial charge in [-0.3, -0.25) is 5.04 Å². The molecule has 306 valence electrons. The first-order valence-corrected chi connectivity index (χ1v) is 24.1. The van der Waals surface area contributed by atoms with E-state index in [2.05, 4.69) is 9.37 Å². The largest absolute Gasteiger partial charge is 1.00 e. The van der Waals surface area contributed by atoms with Crippen LogP contribution in [0.1, 0.15) is 38.8 Å².